The number of piperidine rings is 1. The Bertz CT molecular complexity index is 741. The number of rotatable bonds is 4. The van der Waals surface area contributed by atoms with Gasteiger partial charge in [-0.05, 0) is 49.2 Å². The van der Waals surface area contributed by atoms with E-state index < -0.39 is 0 Å². The highest BCUT2D eigenvalue weighted by atomic mass is 19.1. The summed E-state index contributed by atoms with van der Waals surface area (Å²) in [5.41, 5.74) is 1.89. The Kier molecular flexibility index (Phi) is 5.69. The average molecular weight is 371 g/mol. The number of piperazine rings is 1. The number of anilines is 1. The van der Waals surface area contributed by atoms with Crippen molar-refractivity contribution in [1.29, 1.82) is 0 Å². The van der Waals surface area contributed by atoms with Crippen LogP contribution in [-0.2, 0) is 6.54 Å². The third-order valence-corrected chi connectivity index (χ3v) is 5.82. The molecule has 0 spiro atoms. The highest BCUT2D eigenvalue weighted by Gasteiger charge is 2.28. The van der Waals surface area contributed by atoms with Crippen LogP contribution < -0.4 is 4.90 Å². The molecule has 2 aromatic carbocycles. The predicted octanol–water partition coefficient (Wildman–Crippen LogP) is 3.75. The van der Waals surface area contributed by atoms with Crippen LogP contribution in [0.5, 0.6) is 0 Å². The van der Waals surface area contributed by atoms with Gasteiger partial charge >= 0.3 is 0 Å². The Morgan fingerprint density at radius 2 is 1.59 bits per heavy atom. The van der Waals surface area contributed by atoms with Crippen molar-refractivity contribution in [3.63, 3.8) is 0 Å². The van der Waals surface area contributed by atoms with Crippen molar-refractivity contribution in [2.24, 2.45) is 0 Å². The van der Waals surface area contributed by atoms with E-state index in [1.807, 2.05) is 24.3 Å². The lowest BCUT2D eigenvalue weighted by molar-refractivity contribution is 0.0886. The minimum Gasteiger partial charge on any atom is -0.367 e. The fourth-order valence-electron chi connectivity index (χ4n) is 4.36. The second-order valence-corrected chi connectivity index (χ2v) is 7.63. The molecule has 2 saturated heterocycles. The molecule has 2 aliphatic rings. The first-order chi connectivity index (χ1) is 13.2. The molecule has 4 rings (SSSR count). The Labute approximate surface area is 160 Å². The molecular formula is C22H27F2N3. The SMILES string of the molecule is Fc1ccc(CN2CCC[C@@H](N3CCN(c4ccccc4F)CC3)C2)cc1. The molecular weight excluding hydrogens is 344 g/mol. The molecule has 0 bridgehead atoms. The molecule has 0 aromatic heterocycles. The van der Waals surface area contributed by atoms with E-state index in [0.717, 1.165) is 51.5 Å². The average Bonchev–Trinajstić information content (AvgIpc) is 2.71. The smallest absolute Gasteiger partial charge is 0.146 e. The molecule has 2 heterocycles. The topological polar surface area (TPSA) is 9.72 Å². The molecule has 0 unspecified atom stereocenters. The molecule has 27 heavy (non-hydrogen) atoms. The number of nitrogens with zero attached hydrogens (tertiary/aromatic N) is 3. The van der Waals surface area contributed by atoms with Gasteiger partial charge in [0.2, 0.25) is 0 Å². The zero-order valence-electron chi connectivity index (χ0n) is 15.7. The summed E-state index contributed by atoms with van der Waals surface area (Å²) < 4.78 is 27.1. The monoisotopic (exact) mass is 371 g/mol. The Hall–Kier alpha value is -1.98. The quantitative estimate of drug-likeness (QED) is 0.810. The standard InChI is InChI=1S/C22H27F2N3/c23-19-9-7-18(8-10-19)16-25-11-3-4-20(17-25)26-12-14-27(15-13-26)22-6-2-1-5-21(22)24/h1-2,5-10,20H,3-4,11-17H2/t20-/m1/s1. The first-order valence-electron chi connectivity index (χ1n) is 9.89. The molecule has 1 atom stereocenters. The van der Waals surface area contributed by atoms with Gasteiger partial charge in [0, 0.05) is 45.3 Å². The van der Waals surface area contributed by atoms with Gasteiger partial charge in [-0.25, -0.2) is 8.78 Å². The molecule has 2 aromatic rings. The zero-order chi connectivity index (χ0) is 18.6. The zero-order valence-corrected chi connectivity index (χ0v) is 15.7. The molecule has 0 radical (unpaired) electrons. The van der Waals surface area contributed by atoms with Crippen molar-refractivity contribution in [3.05, 3.63) is 65.7 Å². The van der Waals surface area contributed by atoms with E-state index in [-0.39, 0.29) is 11.6 Å². The second-order valence-electron chi connectivity index (χ2n) is 7.63. The third-order valence-electron chi connectivity index (χ3n) is 5.82. The van der Waals surface area contributed by atoms with Crippen molar-refractivity contribution < 1.29 is 8.78 Å². The normalized spacial score (nSPS) is 22.1. The number of hydrogen-bond donors (Lipinski definition) is 0. The summed E-state index contributed by atoms with van der Waals surface area (Å²) in [6, 6.07) is 14.5. The highest BCUT2D eigenvalue weighted by molar-refractivity contribution is 5.48. The van der Waals surface area contributed by atoms with Crippen LogP contribution in [0.1, 0.15) is 18.4 Å². The molecule has 2 aliphatic heterocycles. The fraction of sp³-hybridized carbons (Fsp3) is 0.455. The lowest BCUT2D eigenvalue weighted by Crippen LogP contribution is -2.55. The van der Waals surface area contributed by atoms with E-state index in [0.29, 0.717) is 6.04 Å². The first kappa shape index (κ1) is 18.4. The van der Waals surface area contributed by atoms with Crippen LogP contribution >= 0.6 is 0 Å². The predicted molar refractivity (Wildman–Crippen MR) is 105 cm³/mol. The Morgan fingerprint density at radius 3 is 2.33 bits per heavy atom. The van der Waals surface area contributed by atoms with Gasteiger partial charge in [-0.3, -0.25) is 9.80 Å². The number of para-hydroxylation sites is 1. The largest absolute Gasteiger partial charge is 0.367 e. The van der Waals surface area contributed by atoms with Crippen molar-refractivity contribution in [2.45, 2.75) is 25.4 Å². The van der Waals surface area contributed by atoms with E-state index in [1.165, 1.54) is 24.5 Å². The summed E-state index contributed by atoms with van der Waals surface area (Å²) in [5, 5.41) is 0. The van der Waals surface area contributed by atoms with Gasteiger partial charge in [-0.1, -0.05) is 24.3 Å². The van der Waals surface area contributed by atoms with Gasteiger partial charge in [0.1, 0.15) is 11.6 Å². The van der Waals surface area contributed by atoms with Crippen LogP contribution in [0.3, 0.4) is 0 Å². The third kappa shape index (κ3) is 4.47. The first-order valence-corrected chi connectivity index (χ1v) is 9.89. The van der Waals surface area contributed by atoms with E-state index >= 15 is 0 Å². The van der Waals surface area contributed by atoms with Gasteiger partial charge in [-0.2, -0.15) is 0 Å². The van der Waals surface area contributed by atoms with E-state index in [1.54, 1.807) is 18.2 Å². The van der Waals surface area contributed by atoms with Crippen LogP contribution in [0.4, 0.5) is 14.5 Å². The fourth-order valence-corrected chi connectivity index (χ4v) is 4.36. The van der Waals surface area contributed by atoms with Gasteiger partial charge in [0.05, 0.1) is 5.69 Å². The molecule has 0 aliphatic carbocycles. The van der Waals surface area contributed by atoms with Crippen LogP contribution in [0.25, 0.3) is 0 Å². The number of hydrogen-bond acceptors (Lipinski definition) is 3. The maximum atomic E-state index is 14.0. The maximum Gasteiger partial charge on any atom is 0.146 e. The van der Waals surface area contributed by atoms with Gasteiger partial charge < -0.3 is 4.90 Å². The molecule has 144 valence electrons. The molecule has 0 amide bonds. The molecule has 2 fully saturated rings. The molecule has 0 N–H and O–H groups in total. The van der Waals surface area contributed by atoms with Crippen LogP contribution in [0.2, 0.25) is 0 Å². The molecule has 0 saturated carbocycles. The number of likely N-dealkylation sites (tertiary alicyclic amines) is 1. The summed E-state index contributed by atoms with van der Waals surface area (Å²) >= 11 is 0. The van der Waals surface area contributed by atoms with Gasteiger partial charge in [0.25, 0.3) is 0 Å². The Balaban J connectivity index is 1.31. The summed E-state index contributed by atoms with van der Waals surface area (Å²) in [6.07, 6.45) is 2.42. The molecule has 5 heteroatoms. The highest BCUT2D eigenvalue weighted by Crippen LogP contribution is 2.23. The lowest BCUT2D eigenvalue weighted by Gasteiger charge is -2.44. The summed E-state index contributed by atoms with van der Waals surface area (Å²) in [4.78, 5) is 7.20. The Morgan fingerprint density at radius 1 is 0.852 bits per heavy atom. The van der Waals surface area contributed by atoms with Crippen molar-refractivity contribution in [3.8, 4) is 0 Å². The van der Waals surface area contributed by atoms with Crippen molar-refractivity contribution >= 4 is 5.69 Å². The van der Waals surface area contributed by atoms with E-state index in [4.69, 9.17) is 0 Å². The van der Waals surface area contributed by atoms with Crippen LogP contribution in [0.15, 0.2) is 48.5 Å². The van der Waals surface area contributed by atoms with E-state index in [2.05, 4.69) is 14.7 Å². The van der Waals surface area contributed by atoms with Crippen molar-refractivity contribution in [2.75, 3.05) is 44.2 Å². The minimum absolute atomic E-state index is 0.130. The van der Waals surface area contributed by atoms with Crippen LogP contribution in [-0.4, -0.2) is 55.1 Å². The minimum atomic E-state index is -0.178. The van der Waals surface area contributed by atoms with Gasteiger partial charge in [0.15, 0.2) is 0 Å². The molecule has 3 nitrogen and oxygen atoms in total. The maximum absolute atomic E-state index is 14.0. The summed E-state index contributed by atoms with van der Waals surface area (Å²) in [6.45, 7) is 6.73. The number of benzene rings is 2. The van der Waals surface area contributed by atoms with Crippen LogP contribution in [0, 0.1) is 11.6 Å². The van der Waals surface area contributed by atoms with Crippen molar-refractivity contribution in [1.82, 2.24) is 9.80 Å². The number of halogens is 2. The van der Waals surface area contributed by atoms with E-state index in [9.17, 15) is 8.78 Å². The second kappa shape index (κ2) is 8.36. The van der Waals surface area contributed by atoms with Gasteiger partial charge in [-0.15, -0.1) is 0 Å². The lowest BCUT2D eigenvalue weighted by atomic mass is 10.0. The summed E-state index contributed by atoms with van der Waals surface area (Å²) in [7, 11) is 0. The summed E-state index contributed by atoms with van der Waals surface area (Å²) in [5.74, 6) is -0.308.